The lowest BCUT2D eigenvalue weighted by Gasteiger charge is -2.01. The minimum absolute atomic E-state index is 0.0109. The molecule has 3 aromatic rings. The van der Waals surface area contributed by atoms with Crippen LogP contribution in [0.1, 0.15) is 15.4 Å². The predicted molar refractivity (Wildman–Crippen MR) is 79.1 cm³/mol. The Kier molecular flexibility index (Phi) is 3.51. The summed E-state index contributed by atoms with van der Waals surface area (Å²) in [5, 5.41) is 1.02. The maximum Gasteiger partial charge on any atom is 0.172 e. The first-order chi connectivity index (χ1) is 9.63. The molecule has 3 rings (SSSR count). The van der Waals surface area contributed by atoms with E-state index < -0.39 is 5.82 Å². The summed E-state index contributed by atoms with van der Waals surface area (Å²) in [4.78, 5) is 16.5. The Labute approximate surface area is 123 Å². The summed E-state index contributed by atoms with van der Waals surface area (Å²) in [6, 6.07) is 11.6. The molecule has 0 unspecified atom stereocenters. The Hall–Kier alpha value is -1.78. The maximum atomic E-state index is 13.6. The number of ketones is 1. The van der Waals surface area contributed by atoms with Crippen molar-refractivity contribution in [2.75, 3.05) is 0 Å². The van der Waals surface area contributed by atoms with E-state index in [0.717, 1.165) is 10.2 Å². The molecule has 0 atom stereocenters. The van der Waals surface area contributed by atoms with Gasteiger partial charge in [0.25, 0.3) is 0 Å². The molecule has 0 saturated heterocycles. The topological polar surface area (TPSA) is 30.0 Å². The van der Waals surface area contributed by atoms with E-state index in [2.05, 4.69) is 4.98 Å². The van der Waals surface area contributed by atoms with Crippen molar-refractivity contribution in [3.63, 3.8) is 0 Å². The molecule has 1 aromatic heterocycles. The summed E-state index contributed by atoms with van der Waals surface area (Å²) in [6.07, 6.45) is 0.0800. The van der Waals surface area contributed by atoms with Gasteiger partial charge in [-0.05, 0) is 30.3 Å². The van der Waals surface area contributed by atoms with E-state index in [1.165, 1.54) is 29.5 Å². The van der Waals surface area contributed by atoms with Gasteiger partial charge in [-0.2, -0.15) is 0 Å². The monoisotopic (exact) mass is 305 g/mol. The van der Waals surface area contributed by atoms with Crippen LogP contribution in [0.25, 0.3) is 10.2 Å². The molecule has 0 aliphatic rings. The lowest BCUT2D eigenvalue weighted by Crippen LogP contribution is -2.05. The van der Waals surface area contributed by atoms with E-state index in [4.69, 9.17) is 11.6 Å². The Morgan fingerprint density at radius 3 is 2.85 bits per heavy atom. The third-order valence-electron chi connectivity index (χ3n) is 2.88. The minimum Gasteiger partial charge on any atom is -0.294 e. The highest BCUT2D eigenvalue weighted by molar-refractivity contribution is 7.18. The van der Waals surface area contributed by atoms with Gasteiger partial charge in [0, 0.05) is 5.02 Å². The smallest absolute Gasteiger partial charge is 0.172 e. The highest BCUT2D eigenvalue weighted by Crippen LogP contribution is 2.23. The second kappa shape index (κ2) is 5.31. The molecule has 0 N–H and O–H groups in total. The third-order valence-corrected chi connectivity index (χ3v) is 4.15. The summed E-state index contributed by atoms with van der Waals surface area (Å²) in [6.45, 7) is 0. The number of rotatable bonds is 3. The van der Waals surface area contributed by atoms with Gasteiger partial charge < -0.3 is 0 Å². The number of para-hydroxylation sites is 1. The number of benzene rings is 2. The normalized spacial score (nSPS) is 10.9. The summed E-state index contributed by atoms with van der Waals surface area (Å²) < 4.78 is 14.6. The molecule has 0 fully saturated rings. The van der Waals surface area contributed by atoms with Crippen LogP contribution in [0, 0.1) is 5.82 Å². The summed E-state index contributed by atoms with van der Waals surface area (Å²) >= 11 is 7.24. The van der Waals surface area contributed by atoms with E-state index in [-0.39, 0.29) is 17.8 Å². The first-order valence-corrected chi connectivity index (χ1v) is 7.15. The number of hydrogen-bond acceptors (Lipinski definition) is 3. The first-order valence-electron chi connectivity index (χ1n) is 5.96. The molecule has 20 heavy (non-hydrogen) atoms. The van der Waals surface area contributed by atoms with Crippen LogP contribution in [0.3, 0.4) is 0 Å². The number of thiazole rings is 1. The summed E-state index contributed by atoms with van der Waals surface area (Å²) in [7, 11) is 0. The van der Waals surface area contributed by atoms with E-state index in [1.54, 1.807) is 0 Å². The van der Waals surface area contributed by atoms with E-state index in [1.807, 2.05) is 24.3 Å². The lowest BCUT2D eigenvalue weighted by molar-refractivity contribution is 0.0989. The van der Waals surface area contributed by atoms with Crippen LogP contribution in [-0.4, -0.2) is 10.8 Å². The van der Waals surface area contributed by atoms with Crippen molar-refractivity contribution in [2.24, 2.45) is 0 Å². The fourth-order valence-electron chi connectivity index (χ4n) is 1.94. The van der Waals surface area contributed by atoms with Crippen LogP contribution in [-0.2, 0) is 6.42 Å². The molecule has 0 bridgehead atoms. The van der Waals surface area contributed by atoms with Crippen molar-refractivity contribution >= 4 is 38.9 Å². The second-order valence-corrected chi connectivity index (χ2v) is 5.85. The fraction of sp³-hybridized carbons (Fsp3) is 0.0667. The highest BCUT2D eigenvalue weighted by atomic mass is 35.5. The second-order valence-electron chi connectivity index (χ2n) is 4.30. The molecule has 1 heterocycles. The van der Waals surface area contributed by atoms with Gasteiger partial charge in [-0.15, -0.1) is 11.3 Å². The standard InChI is InChI=1S/C15H9ClFNOS/c16-9-5-6-11(17)10(7-9)13(19)8-15-18-12-3-1-2-4-14(12)20-15/h1-7H,8H2. The van der Waals surface area contributed by atoms with Crippen molar-refractivity contribution in [3.05, 3.63) is 63.9 Å². The first kappa shape index (κ1) is 13.2. The van der Waals surface area contributed by atoms with Crippen LogP contribution >= 0.6 is 22.9 Å². The summed E-state index contributed by atoms with van der Waals surface area (Å²) in [5.41, 5.74) is 0.864. The molecule has 100 valence electrons. The van der Waals surface area contributed by atoms with Gasteiger partial charge in [0.15, 0.2) is 5.78 Å². The SMILES string of the molecule is O=C(Cc1nc2ccccc2s1)c1cc(Cl)ccc1F. The zero-order valence-electron chi connectivity index (χ0n) is 10.3. The Morgan fingerprint density at radius 1 is 1.25 bits per heavy atom. The van der Waals surface area contributed by atoms with Gasteiger partial charge in [-0.3, -0.25) is 4.79 Å². The molecule has 0 aliphatic carbocycles. The number of nitrogens with zero attached hydrogens (tertiary/aromatic N) is 1. The fourth-order valence-corrected chi connectivity index (χ4v) is 3.08. The molecule has 0 spiro atoms. The number of hydrogen-bond donors (Lipinski definition) is 0. The largest absolute Gasteiger partial charge is 0.294 e. The third kappa shape index (κ3) is 2.57. The maximum absolute atomic E-state index is 13.6. The molecule has 0 aliphatic heterocycles. The molecule has 2 aromatic carbocycles. The minimum atomic E-state index is -0.555. The molecule has 0 radical (unpaired) electrons. The van der Waals surface area contributed by atoms with Crippen molar-refractivity contribution in [2.45, 2.75) is 6.42 Å². The van der Waals surface area contributed by atoms with Crippen molar-refractivity contribution in [1.82, 2.24) is 4.98 Å². The number of carbonyl (C=O) groups excluding carboxylic acids is 1. The average molecular weight is 306 g/mol. The van der Waals surface area contributed by atoms with E-state index in [0.29, 0.717) is 10.0 Å². The Bertz CT molecular complexity index is 766. The molecule has 0 saturated carbocycles. The number of aromatic nitrogens is 1. The predicted octanol–water partition coefficient (Wildman–Crippen LogP) is 4.51. The quantitative estimate of drug-likeness (QED) is 0.666. The number of halogens is 2. The van der Waals surface area contributed by atoms with Gasteiger partial charge >= 0.3 is 0 Å². The van der Waals surface area contributed by atoms with Gasteiger partial charge in [0.05, 0.1) is 22.2 Å². The highest BCUT2D eigenvalue weighted by Gasteiger charge is 2.15. The molecule has 0 amide bonds. The zero-order valence-corrected chi connectivity index (χ0v) is 11.8. The van der Waals surface area contributed by atoms with Crippen LogP contribution in [0.2, 0.25) is 5.02 Å². The van der Waals surface area contributed by atoms with Gasteiger partial charge in [-0.1, -0.05) is 23.7 Å². The lowest BCUT2D eigenvalue weighted by atomic mass is 10.1. The molecular formula is C15H9ClFNOS. The van der Waals surface area contributed by atoms with Crippen molar-refractivity contribution < 1.29 is 9.18 Å². The molecule has 5 heteroatoms. The van der Waals surface area contributed by atoms with Crippen LogP contribution in [0.4, 0.5) is 4.39 Å². The zero-order chi connectivity index (χ0) is 14.1. The van der Waals surface area contributed by atoms with Crippen LogP contribution in [0.15, 0.2) is 42.5 Å². The number of fused-ring (bicyclic) bond motifs is 1. The van der Waals surface area contributed by atoms with E-state index >= 15 is 0 Å². The molecule has 2 nitrogen and oxygen atoms in total. The Morgan fingerprint density at radius 2 is 2.05 bits per heavy atom. The van der Waals surface area contributed by atoms with Gasteiger partial charge in [0.1, 0.15) is 10.8 Å². The average Bonchev–Trinajstić information content (AvgIpc) is 2.83. The summed E-state index contributed by atoms with van der Waals surface area (Å²) in [5.74, 6) is -0.871. The van der Waals surface area contributed by atoms with Crippen LogP contribution < -0.4 is 0 Å². The van der Waals surface area contributed by atoms with Crippen molar-refractivity contribution in [3.8, 4) is 0 Å². The van der Waals surface area contributed by atoms with Gasteiger partial charge in [0.2, 0.25) is 0 Å². The van der Waals surface area contributed by atoms with E-state index in [9.17, 15) is 9.18 Å². The number of Topliss-reactive ketones (excluding diaryl/α,β-unsaturated/α-hetero) is 1. The van der Waals surface area contributed by atoms with Crippen LogP contribution in [0.5, 0.6) is 0 Å². The van der Waals surface area contributed by atoms with Gasteiger partial charge in [-0.25, -0.2) is 9.37 Å². The molecular weight excluding hydrogens is 297 g/mol. The van der Waals surface area contributed by atoms with Crippen molar-refractivity contribution in [1.29, 1.82) is 0 Å². The number of carbonyl (C=O) groups is 1. The Balaban J connectivity index is 1.90.